The highest BCUT2D eigenvalue weighted by Crippen LogP contribution is 2.61. The van der Waals surface area contributed by atoms with Crippen molar-refractivity contribution in [3.8, 4) is 0 Å². The molecule has 21 heteroatoms. The largest absolute Gasteiger partial charge is 0.483 e. The van der Waals surface area contributed by atoms with Crippen molar-refractivity contribution < 1.29 is 67.3 Å². The molecule has 3 rings (SSSR count). The molecule has 3 heterocycles. The summed E-state index contributed by atoms with van der Waals surface area (Å²) in [6, 6.07) is 0.930. The van der Waals surface area contributed by atoms with Crippen molar-refractivity contribution in [2.24, 2.45) is 0 Å². The summed E-state index contributed by atoms with van der Waals surface area (Å²) in [5, 5.41) is 56.6. The van der Waals surface area contributed by atoms with Crippen molar-refractivity contribution in [1.29, 1.82) is 5.41 Å². The predicted molar refractivity (Wildman–Crippen MR) is 110 cm³/mol. The predicted octanol–water partition coefficient (Wildman–Crippen LogP) is -4.14. The molecular formula is C15H23N3O16P2. The van der Waals surface area contributed by atoms with E-state index in [2.05, 4.69) is 13.4 Å². The van der Waals surface area contributed by atoms with Gasteiger partial charge in [-0.3, -0.25) is 23.4 Å². The van der Waals surface area contributed by atoms with E-state index in [1.165, 1.54) is 0 Å². The lowest BCUT2D eigenvalue weighted by atomic mass is 10.00. The number of nitrogens with zero attached hydrogens (tertiary/aromatic N) is 1. The molecule has 0 bridgehead atoms. The minimum absolute atomic E-state index is 0.495. The number of ether oxygens (including phenoxy) is 2. The van der Waals surface area contributed by atoms with Gasteiger partial charge < -0.3 is 50.2 Å². The number of phosphoric ester groups is 2. The minimum atomic E-state index is -5.59. The summed E-state index contributed by atoms with van der Waals surface area (Å²) in [5.74, 6) is 0. The van der Waals surface area contributed by atoms with E-state index in [0.717, 1.165) is 16.8 Å². The average Bonchev–Trinajstić information content (AvgIpc) is 3.06. The molecule has 0 aromatic carbocycles. The molecule has 2 aliphatic heterocycles. The maximum Gasteiger partial charge on any atom is 0.483 e. The third kappa shape index (κ3) is 6.42. The van der Waals surface area contributed by atoms with Gasteiger partial charge in [-0.2, -0.15) is 4.31 Å². The number of aromatic nitrogens is 2. The number of aliphatic hydroxyl groups is 5. The Hall–Kier alpha value is -1.67. The molecule has 36 heavy (non-hydrogen) atoms. The number of aromatic amines is 1. The molecule has 0 spiro atoms. The first kappa shape index (κ1) is 28.9. The van der Waals surface area contributed by atoms with Gasteiger partial charge in [0, 0.05) is 18.5 Å². The van der Waals surface area contributed by atoms with Gasteiger partial charge in [-0.15, -0.1) is 0 Å². The molecule has 1 aromatic rings. The van der Waals surface area contributed by atoms with Crippen LogP contribution < -0.4 is 11.2 Å². The van der Waals surface area contributed by atoms with Crippen molar-refractivity contribution >= 4 is 21.9 Å². The van der Waals surface area contributed by atoms with Crippen LogP contribution in [0.4, 0.5) is 0 Å². The number of rotatable bonds is 9. The highest BCUT2D eigenvalue weighted by atomic mass is 31.3. The van der Waals surface area contributed by atoms with Gasteiger partial charge in [-0.1, -0.05) is 0 Å². The number of hydrogen-bond donors (Lipinski definition) is 9. The molecule has 11 atom stereocenters. The fourth-order valence-electron chi connectivity index (χ4n) is 3.29. The molecule has 19 nitrogen and oxygen atoms in total. The number of nitrogens with one attached hydrogen (secondary N) is 2. The van der Waals surface area contributed by atoms with E-state index in [0.29, 0.717) is 6.21 Å². The van der Waals surface area contributed by atoms with E-state index in [-0.39, 0.29) is 0 Å². The van der Waals surface area contributed by atoms with Crippen LogP contribution in [0, 0.1) is 5.41 Å². The van der Waals surface area contributed by atoms with E-state index in [9.17, 15) is 54.0 Å². The topological polar surface area (TPSA) is 301 Å². The van der Waals surface area contributed by atoms with Crippen LogP contribution in [0.25, 0.3) is 0 Å². The number of phosphoric acid groups is 2. The summed E-state index contributed by atoms with van der Waals surface area (Å²) >= 11 is 0. The lowest BCUT2D eigenvalue weighted by Crippen LogP contribution is -2.58. The van der Waals surface area contributed by atoms with E-state index >= 15 is 0 Å². The molecule has 2 saturated heterocycles. The van der Waals surface area contributed by atoms with Crippen molar-refractivity contribution in [2.45, 2.75) is 55.2 Å². The van der Waals surface area contributed by atoms with Crippen molar-refractivity contribution in [1.82, 2.24) is 9.55 Å². The van der Waals surface area contributed by atoms with Gasteiger partial charge in [0.15, 0.2) is 12.5 Å². The van der Waals surface area contributed by atoms with Gasteiger partial charge in [-0.05, 0) is 0 Å². The van der Waals surface area contributed by atoms with Crippen LogP contribution in [-0.2, 0) is 32.0 Å². The fraction of sp³-hybridized carbons (Fsp3) is 0.667. The summed E-state index contributed by atoms with van der Waals surface area (Å²) in [6.07, 6.45) is -14.9. The standard InChI is InChI=1S/C15H23N3O16P2/c16-3-5-8(20)10(22)12(24)14(32-5)33-36(28,29)34-35(26,27)30-4-6-9(21)11(23)13(31-6)18-2-1-7(19)17-15(18)25/h1-3,5-6,8-14,16,20-24H,4H2,(H,26,27)(H,28,29)(H,17,19,25)/t5?,6?,8?,9?,10?,11?,12-,13?,14-/m1/s1. The van der Waals surface area contributed by atoms with E-state index < -0.39 is 88.7 Å². The third-order valence-electron chi connectivity index (χ3n) is 5.08. The Bertz CT molecular complexity index is 1160. The molecule has 0 amide bonds. The Kier molecular flexibility index (Phi) is 8.81. The zero-order valence-electron chi connectivity index (χ0n) is 17.8. The SMILES string of the molecule is N=CC1O[C@H](OP(=O)(O)OP(=O)(O)OCC2OC(n3ccc(=O)[nH]c3=O)C(O)C2O)[C@H](O)C(O)C1O. The van der Waals surface area contributed by atoms with E-state index in [1.54, 1.807) is 0 Å². The minimum Gasteiger partial charge on any atom is -0.387 e. The Labute approximate surface area is 199 Å². The second-order valence-corrected chi connectivity index (χ2v) is 10.6. The maximum atomic E-state index is 12.2. The van der Waals surface area contributed by atoms with Crippen molar-refractivity contribution in [3.63, 3.8) is 0 Å². The van der Waals surface area contributed by atoms with Gasteiger partial charge in [0.1, 0.15) is 42.7 Å². The second-order valence-electron chi connectivity index (χ2n) is 7.59. The van der Waals surface area contributed by atoms with Gasteiger partial charge in [0.25, 0.3) is 5.56 Å². The maximum absolute atomic E-state index is 12.2. The summed E-state index contributed by atoms with van der Waals surface area (Å²) in [4.78, 5) is 44.5. The third-order valence-corrected chi connectivity index (χ3v) is 7.68. The van der Waals surface area contributed by atoms with Crippen LogP contribution in [0.1, 0.15) is 6.23 Å². The van der Waals surface area contributed by atoms with Gasteiger partial charge >= 0.3 is 21.3 Å². The Morgan fingerprint density at radius 1 is 1.00 bits per heavy atom. The van der Waals surface area contributed by atoms with Crippen molar-refractivity contribution in [2.75, 3.05) is 6.61 Å². The van der Waals surface area contributed by atoms with Gasteiger partial charge in [-0.25, -0.2) is 13.9 Å². The molecule has 9 N–H and O–H groups in total. The molecule has 204 valence electrons. The van der Waals surface area contributed by atoms with Crippen LogP contribution in [0.15, 0.2) is 21.9 Å². The number of hydrogen-bond acceptors (Lipinski definition) is 15. The summed E-state index contributed by atoms with van der Waals surface area (Å²) in [5.41, 5.74) is -1.74. The van der Waals surface area contributed by atoms with Crippen LogP contribution in [0.2, 0.25) is 0 Å². The first-order chi connectivity index (χ1) is 16.7. The summed E-state index contributed by atoms with van der Waals surface area (Å²) in [6.45, 7) is -1.02. The molecule has 0 saturated carbocycles. The molecule has 0 radical (unpaired) electrons. The Morgan fingerprint density at radius 2 is 1.67 bits per heavy atom. The average molecular weight is 563 g/mol. The molecule has 1 aromatic heterocycles. The molecular weight excluding hydrogens is 540 g/mol. The monoisotopic (exact) mass is 563 g/mol. The zero-order chi connectivity index (χ0) is 27.0. The van der Waals surface area contributed by atoms with Crippen LogP contribution in [-0.4, -0.2) is 107 Å². The highest BCUT2D eigenvalue weighted by Gasteiger charge is 2.49. The van der Waals surface area contributed by atoms with Crippen LogP contribution in [0.3, 0.4) is 0 Å². The summed E-state index contributed by atoms with van der Waals surface area (Å²) < 4.78 is 48.1. The fourth-order valence-corrected chi connectivity index (χ4v) is 5.45. The normalized spacial score (nSPS) is 38.2. The Morgan fingerprint density at radius 3 is 2.28 bits per heavy atom. The molecule has 2 aliphatic rings. The van der Waals surface area contributed by atoms with E-state index in [4.69, 9.17) is 14.9 Å². The van der Waals surface area contributed by atoms with Crippen LogP contribution >= 0.6 is 15.6 Å². The lowest BCUT2D eigenvalue weighted by Gasteiger charge is -2.38. The number of H-pyrrole nitrogens is 1. The lowest BCUT2D eigenvalue weighted by molar-refractivity contribution is -0.259. The smallest absolute Gasteiger partial charge is 0.387 e. The first-order valence-corrected chi connectivity index (χ1v) is 12.9. The van der Waals surface area contributed by atoms with Gasteiger partial charge in [0.05, 0.1) is 6.61 Å². The number of aliphatic hydroxyl groups excluding tert-OH is 5. The molecule has 2 fully saturated rings. The zero-order valence-corrected chi connectivity index (χ0v) is 19.6. The van der Waals surface area contributed by atoms with Crippen molar-refractivity contribution in [3.05, 3.63) is 33.1 Å². The molecule has 9 unspecified atom stereocenters. The van der Waals surface area contributed by atoms with E-state index in [1.807, 2.05) is 4.98 Å². The van der Waals surface area contributed by atoms with Crippen LogP contribution in [0.5, 0.6) is 0 Å². The second kappa shape index (κ2) is 11.0. The first-order valence-electron chi connectivity index (χ1n) is 9.89. The Balaban J connectivity index is 1.62. The molecule has 0 aliphatic carbocycles. The summed E-state index contributed by atoms with van der Waals surface area (Å²) in [7, 11) is -11.1. The quantitative estimate of drug-likeness (QED) is 0.102. The van der Waals surface area contributed by atoms with Gasteiger partial charge in [0.2, 0.25) is 0 Å². The highest BCUT2D eigenvalue weighted by molar-refractivity contribution is 7.61.